The van der Waals surface area contributed by atoms with Crippen LogP contribution in [0.2, 0.25) is 0 Å². The first-order valence-corrected chi connectivity index (χ1v) is 6.24. The molecule has 0 aliphatic carbocycles. The minimum absolute atomic E-state index is 0.137. The quantitative estimate of drug-likeness (QED) is 0.725. The first kappa shape index (κ1) is 12.2. The van der Waals surface area contributed by atoms with Crippen LogP contribution in [0.1, 0.15) is 40.5 Å². The lowest BCUT2D eigenvalue weighted by Crippen LogP contribution is -2.44. The van der Waals surface area contributed by atoms with Crippen molar-refractivity contribution in [3.63, 3.8) is 0 Å². The van der Waals surface area contributed by atoms with Gasteiger partial charge in [-0.2, -0.15) is 0 Å². The van der Waals surface area contributed by atoms with Gasteiger partial charge in [0, 0.05) is 6.54 Å². The van der Waals surface area contributed by atoms with Crippen LogP contribution in [0.4, 0.5) is 0 Å². The van der Waals surface area contributed by atoms with E-state index in [-0.39, 0.29) is 18.3 Å². The fourth-order valence-corrected chi connectivity index (χ4v) is 2.31. The molecule has 1 N–H and O–H groups in total. The molecule has 16 heavy (non-hydrogen) atoms. The number of nitrogens with one attached hydrogen (secondary N) is 1. The highest BCUT2D eigenvalue weighted by Crippen LogP contribution is 2.41. The lowest BCUT2D eigenvalue weighted by atomic mass is 9.75. The predicted molar refractivity (Wildman–Crippen MR) is 66.3 cm³/mol. The second-order valence-corrected chi connectivity index (χ2v) is 5.40. The van der Waals surface area contributed by atoms with Crippen molar-refractivity contribution >= 4 is 7.12 Å². The predicted octanol–water partition coefficient (Wildman–Crippen LogP) is 1.93. The lowest BCUT2D eigenvalue weighted by Gasteiger charge is -2.35. The summed E-state index contributed by atoms with van der Waals surface area (Å²) in [4.78, 5) is 0. The summed E-state index contributed by atoms with van der Waals surface area (Å²) in [6, 6.07) is 0. The zero-order chi connectivity index (χ0) is 11.8. The molecule has 1 atom stereocenters. The molecule has 0 bridgehead atoms. The maximum atomic E-state index is 6.13. The molecule has 4 heteroatoms. The molecule has 0 amide bonds. The zero-order valence-corrected chi connectivity index (χ0v) is 10.8. The van der Waals surface area contributed by atoms with Crippen molar-refractivity contribution in [3.05, 3.63) is 11.5 Å². The minimum Gasteiger partial charge on any atom is -0.400 e. The summed E-state index contributed by atoms with van der Waals surface area (Å²) >= 11 is 0. The van der Waals surface area contributed by atoms with E-state index in [0.717, 1.165) is 25.9 Å². The van der Waals surface area contributed by atoms with Crippen LogP contribution in [0.3, 0.4) is 0 Å². The van der Waals surface area contributed by atoms with E-state index < -0.39 is 0 Å². The van der Waals surface area contributed by atoms with Crippen molar-refractivity contribution in [3.8, 4) is 0 Å². The molecule has 2 rings (SSSR count). The smallest absolute Gasteiger partial charge is 0.400 e. The Bertz CT molecular complexity index is 303. The van der Waals surface area contributed by atoms with Gasteiger partial charge in [0.1, 0.15) is 0 Å². The van der Waals surface area contributed by atoms with E-state index >= 15 is 0 Å². The maximum absolute atomic E-state index is 6.13. The summed E-state index contributed by atoms with van der Waals surface area (Å²) in [7, 11) is -0.137. The Morgan fingerprint density at radius 2 is 2.12 bits per heavy atom. The largest absolute Gasteiger partial charge is 0.490 e. The van der Waals surface area contributed by atoms with Crippen LogP contribution >= 0.6 is 0 Å². The van der Waals surface area contributed by atoms with Crippen LogP contribution in [0.5, 0.6) is 0 Å². The second-order valence-electron chi connectivity index (χ2n) is 5.40. The topological polar surface area (TPSA) is 30.5 Å². The molecule has 0 radical (unpaired) electrons. The third kappa shape index (κ3) is 1.94. The van der Waals surface area contributed by atoms with E-state index in [1.807, 2.05) is 0 Å². The summed E-state index contributed by atoms with van der Waals surface area (Å²) in [5, 5.41) is 3.31. The second kappa shape index (κ2) is 4.17. The molecule has 0 saturated carbocycles. The third-order valence-electron chi connectivity index (χ3n) is 4.12. The fraction of sp³-hybridized carbons (Fsp3) is 0.833. The fourth-order valence-electron chi connectivity index (χ4n) is 2.31. The number of hydrogen-bond donors (Lipinski definition) is 1. The van der Waals surface area contributed by atoms with E-state index in [2.05, 4.69) is 39.1 Å². The summed E-state index contributed by atoms with van der Waals surface area (Å²) in [5.74, 6) is 0. The summed E-state index contributed by atoms with van der Waals surface area (Å²) < 4.78 is 12.2. The Balaban J connectivity index is 2.14. The number of rotatable bonds is 2. The highest BCUT2D eigenvalue weighted by Gasteiger charge is 2.53. The van der Waals surface area contributed by atoms with Crippen molar-refractivity contribution < 1.29 is 9.31 Å². The van der Waals surface area contributed by atoms with Gasteiger partial charge in [-0.3, -0.25) is 0 Å². The molecule has 3 nitrogen and oxygen atoms in total. The van der Waals surface area contributed by atoms with Gasteiger partial charge in [0.25, 0.3) is 0 Å². The molecule has 0 spiro atoms. The van der Waals surface area contributed by atoms with Gasteiger partial charge in [-0.15, -0.1) is 0 Å². The molecule has 2 heterocycles. The van der Waals surface area contributed by atoms with E-state index in [4.69, 9.17) is 9.31 Å². The van der Waals surface area contributed by atoms with Crippen LogP contribution in [0.15, 0.2) is 11.5 Å². The Hall–Kier alpha value is -0.315. The molecule has 90 valence electrons. The standard InChI is InChI=1S/C12H22BNO2/c1-5-12(4)11(2,3)15-13(16-12)10-6-8-14-9-7-10/h6,14H,5,7-9H2,1-4H3. The Kier molecular flexibility index (Phi) is 3.17. The van der Waals surface area contributed by atoms with E-state index in [9.17, 15) is 0 Å². The van der Waals surface area contributed by atoms with Gasteiger partial charge in [-0.25, -0.2) is 0 Å². The lowest BCUT2D eigenvalue weighted by molar-refractivity contribution is -0.0118. The summed E-state index contributed by atoms with van der Waals surface area (Å²) in [6.07, 6.45) is 4.20. The van der Waals surface area contributed by atoms with Gasteiger partial charge in [-0.05, 0) is 45.6 Å². The Labute approximate surface area is 98.7 Å². The van der Waals surface area contributed by atoms with Crippen molar-refractivity contribution in [2.24, 2.45) is 0 Å². The van der Waals surface area contributed by atoms with Crippen LogP contribution in [-0.4, -0.2) is 31.4 Å². The van der Waals surface area contributed by atoms with Crippen LogP contribution in [0, 0.1) is 0 Å². The van der Waals surface area contributed by atoms with Gasteiger partial charge < -0.3 is 14.6 Å². The van der Waals surface area contributed by atoms with Crippen molar-refractivity contribution in [1.29, 1.82) is 0 Å². The highest BCUT2D eigenvalue weighted by atomic mass is 16.7. The molecule has 0 aromatic carbocycles. The average Bonchev–Trinajstić information content (AvgIpc) is 2.52. The SMILES string of the molecule is CCC1(C)OB(C2=CCNCC2)OC1(C)C. The first-order chi connectivity index (χ1) is 7.48. The van der Waals surface area contributed by atoms with Gasteiger partial charge in [0.15, 0.2) is 0 Å². The molecule has 1 unspecified atom stereocenters. The monoisotopic (exact) mass is 223 g/mol. The molecule has 0 aromatic heterocycles. The average molecular weight is 223 g/mol. The molecule has 1 fully saturated rings. The zero-order valence-electron chi connectivity index (χ0n) is 10.8. The molecule has 2 aliphatic rings. The molecule has 2 aliphatic heterocycles. The van der Waals surface area contributed by atoms with E-state index in [1.54, 1.807) is 0 Å². The molecular weight excluding hydrogens is 201 g/mol. The van der Waals surface area contributed by atoms with Crippen molar-refractivity contribution in [2.45, 2.75) is 51.7 Å². The van der Waals surface area contributed by atoms with Gasteiger partial charge in [0.05, 0.1) is 11.2 Å². The van der Waals surface area contributed by atoms with Crippen LogP contribution in [-0.2, 0) is 9.31 Å². The van der Waals surface area contributed by atoms with Crippen LogP contribution in [0.25, 0.3) is 0 Å². The van der Waals surface area contributed by atoms with E-state index in [1.165, 1.54) is 5.47 Å². The van der Waals surface area contributed by atoms with Gasteiger partial charge in [-0.1, -0.05) is 13.0 Å². The van der Waals surface area contributed by atoms with Gasteiger partial charge in [0.2, 0.25) is 0 Å². The third-order valence-corrected chi connectivity index (χ3v) is 4.12. The molecular formula is C12H22BNO2. The first-order valence-electron chi connectivity index (χ1n) is 6.24. The number of hydrogen-bond acceptors (Lipinski definition) is 3. The maximum Gasteiger partial charge on any atom is 0.490 e. The van der Waals surface area contributed by atoms with Crippen LogP contribution < -0.4 is 5.32 Å². The van der Waals surface area contributed by atoms with Crippen molar-refractivity contribution in [2.75, 3.05) is 13.1 Å². The van der Waals surface area contributed by atoms with Crippen molar-refractivity contribution in [1.82, 2.24) is 5.32 Å². The molecule has 0 aromatic rings. The normalized spacial score (nSPS) is 34.0. The van der Waals surface area contributed by atoms with Gasteiger partial charge >= 0.3 is 7.12 Å². The molecule has 1 saturated heterocycles. The summed E-state index contributed by atoms with van der Waals surface area (Å²) in [5.41, 5.74) is 0.908. The minimum atomic E-state index is -0.210. The highest BCUT2D eigenvalue weighted by molar-refractivity contribution is 6.54. The summed E-state index contributed by atoms with van der Waals surface area (Å²) in [6.45, 7) is 10.5. The van der Waals surface area contributed by atoms with E-state index in [0.29, 0.717) is 0 Å². The Morgan fingerprint density at radius 3 is 2.62 bits per heavy atom. The Morgan fingerprint density at radius 1 is 1.38 bits per heavy atom.